The molecule has 2 amide bonds. The molecule has 0 aliphatic carbocycles. The Morgan fingerprint density at radius 3 is 2.39 bits per heavy atom. The number of amides is 2. The number of quaternary nitrogens is 1. The fourth-order valence-electron chi connectivity index (χ4n) is 3.13. The van der Waals surface area contributed by atoms with Crippen molar-refractivity contribution < 1.29 is 19.2 Å². The summed E-state index contributed by atoms with van der Waals surface area (Å²) in [5, 5.41) is 3.39. The van der Waals surface area contributed by atoms with Crippen LogP contribution in [-0.4, -0.2) is 62.6 Å². The molecule has 6 nitrogen and oxygen atoms in total. The highest BCUT2D eigenvalue weighted by molar-refractivity contribution is 6.30. The van der Waals surface area contributed by atoms with Gasteiger partial charge in [0.05, 0.1) is 32.7 Å². The van der Waals surface area contributed by atoms with Crippen LogP contribution in [0.2, 0.25) is 5.02 Å². The summed E-state index contributed by atoms with van der Waals surface area (Å²) in [5.41, 5.74) is 0.560. The van der Waals surface area contributed by atoms with E-state index in [9.17, 15) is 9.59 Å². The molecule has 3 rings (SSSR count). The van der Waals surface area contributed by atoms with Gasteiger partial charge in [0.15, 0.2) is 0 Å². The summed E-state index contributed by atoms with van der Waals surface area (Å²) in [6, 6.07) is 16.3. The molecule has 0 spiro atoms. The van der Waals surface area contributed by atoms with E-state index in [1.807, 2.05) is 35.2 Å². The smallest absolute Gasteiger partial charge is 0.251 e. The monoisotopic (exact) mass is 402 g/mol. The van der Waals surface area contributed by atoms with E-state index in [2.05, 4.69) is 5.32 Å². The van der Waals surface area contributed by atoms with Crippen molar-refractivity contribution in [1.82, 2.24) is 10.2 Å². The molecule has 0 bridgehead atoms. The number of benzene rings is 2. The summed E-state index contributed by atoms with van der Waals surface area (Å²) in [6.07, 6.45) is 0. The van der Waals surface area contributed by atoms with Gasteiger partial charge in [0.25, 0.3) is 5.91 Å². The van der Waals surface area contributed by atoms with Gasteiger partial charge < -0.3 is 19.9 Å². The Hall–Kier alpha value is -2.57. The highest BCUT2D eigenvalue weighted by atomic mass is 35.5. The average molecular weight is 403 g/mol. The molecule has 148 valence electrons. The number of rotatable bonds is 7. The number of hydrogen-bond donors (Lipinski definition) is 2. The standard InChI is InChI=1S/C21H24ClN3O3/c22-18-6-8-19(9-7-18)28-15-14-24-10-12-25(13-11-24)20(26)16-23-21(27)17-4-2-1-3-5-17/h1-9H,10-16H2,(H,23,27)/p+1. The molecule has 0 atom stereocenters. The number of carbonyl (C=O) groups excluding carboxylic acids is 2. The highest BCUT2D eigenvalue weighted by Gasteiger charge is 2.23. The van der Waals surface area contributed by atoms with Gasteiger partial charge in [0, 0.05) is 10.6 Å². The molecule has 28 heavy (non-hydrogen) atoms. The van der Waals surface area contributed by atoms with Gasteiger partial charge >= 0.3 is 0 Å². The van der Waals surface area contributed by atoms with Crippen LogP contribution in [0, 0.1) is 0 Å². The molecule has 0 unspecified atom stereocenters. The lowest BCUT2D eigenvalue weighted by Crippen LogP contribution is -3.15. The summed E-state index contributed by atoms with van der Waals surface area (Å²) in [7, 11) is 0. The first-order valence-corrected chi connectivity index (χ1v) is 9.82. The van der Waals surface area contributed by atoms with Crippen LogP contribution in [0.3, 0.4) is 0 Å². The number of nitrogens with zero attached hydrogens (tertiary/aromatic N) is 1. The minimum atomic E-state index is -0.224. The van der Waals surface area contributed by atoms with Crippen molar-refractivity contribution in [1.29, 1.82) is 0 Å². The van der Waals surface area contributed by atoms with Gasteiger partial charge in [-0.3, -0.25) is 9.59 Å². The molecule has 0 radical (unpaired) electrons. The Morgan fingerprint density at radius 1 is 1.04 bits per heavy atom. The summed E-state index contributed by atoms with van der Waals surface area (Å²) in [6.45, 7) is 4.67. The second-order valence-corrected chi connectivity index (χ2v) is 7.17. The van der Waals surface area contributed by atoms with Gasteiger partial charge in [0.1, 0.15) is 18.9 Å². The average Bonchev–Trinajstić information content (AvgIpc) is 2.74. The van der Waals surface area contributed by atoms with E-state index in [1.165, 1.54) is 4.90 Å². The van der Waals surface area contributed by atoms with E-state index in [0.717, 1.165) is 25.4 Å². The minimum Gasteiger partial charge on any atom is -0.488 e. The van der Waals surface area contributed by atoms with Gasteiger partial charge in [-0.15, -0.1) is 0 Å². The third-order valence-electron chi connectivity index (χ3n) is 4.80. The molecule has 2 N–H and O–H groups in total. The van der Waals surface area contributed by atoms with Gasteiger partial charge in [-0.2, -0.15) is 0 Å². The third kappa shape index (κ3) is 5.97. The zero-order valence-electron chi connectivity index (χ0n) is 15.7. The maximum absolute atomic E-state index is 12.3. The number of nitrogens with one attached hydrogen (secondary N) is 2. The largest absolute Gasteiger partial charge is 0.488 e. The van der Waals surface area contributed by atoms with Crippen LogP contribution in [0.5, 0.6) is 5.75 Å². The van der Waals surface area contributed by atoms with Crippen molar-refractivity contribution in [3.63, 3.8) is 0 Å². The molecule has 1 heterocycles. The van der Waals surface area contributed by atoms with E-state index in [4.69, 9.17) is 16.3 Å². The van der Waals surface area contributed by atoms with Crippen molar-refractivity contribution in [2.75, 3.05) is 45.9 Å². The molecule has 1 aliphatic rings. The van der Waals surface area contributed by atoms with Gasteiger partial charge in [0.2, 0.25) is 5.91 Å². The van der Waals surface area contributed by atoms with Crippen molar-refractivity contribution >= 4 is 23.4 Å². The van der Waals surface area contributed by atoms with Crippen LogP contribution in [0.4, 0.5) is 0 Å². The lowest BCUT2D eigenvalue weighted by molar-refractivity contribution is -0.904. The topological polar surface area (TPSA) is 63.1 Å². The zero-order chi connectivity index (χ0) is 19.8. The second kappa shape index (κ2) is 10.1. The molecule has 7 heteroatoms. The van der Waals surface area contributed by atoms with E-state index in [1.54, 1.807) is 24.3 Å². The van der Waals surface area contributed by atoms with Gasteiger partial charge in [-0.25, -0.2) is 0 Å². The predicted molar refractivity (Wildman–Crippen MR) is 108 cm³/mol. The maximum Gasteiger partial charge on any atom is 0.251 e. The summed E-state index contributed by atoms with van der Waals surface area (Å²) >= 11 is 5.86. The van der Waals surface area contributed by atoms with Crippen molar-refractivity contribution in [2.45, 2.75) is 0 Å². The van der Waals surface area contributed by atoms with Crippen LogP contribution in [0.25, 0.3) is 0 Å². The fourth-order valence-corrected chi connectivity index (χ4v) is 3.25. The summed E-state index contributed by atoms with van der Waals surface area (Å²) < 4.78 is 5.74. The van der Waals surface area contributed by atoms with E-state index >= 15 is 0 Å². The normalized spacial score (nSPS) is 14.5. The molecule has 2 aromatic carbocycles. The van der Waals surface area contributed by atoms with Crippen LogP contribution in [0.15, 0.2) is 54.6 Å². The Balaban J connectivity index is 1.33. The fraction of sp³-hybridized carbons (Fsp3) is 0.333. The lowest BCUT2D eigenvalue weighted by atomic mass is 10.2. The van der Waals surface area contributed by atoms with Crippen LogP contribution in [-0.2, 0) is 4.79 Å². The minimum absolute atomic E-state index is 0.0305. The molecular formula is C21H25ClN3O3+. The SMILES string of the molecule is O=C(NCC(=O)N1CC[NH+](CCOc2ccc(Cl)cc2)CC1)c1ccccc1. The molecule has 1 fully saturated rings. The van der Waals surface area contributed by atoms with Crippen molar-refractivity contribution in [3.05, 3.63) is 65.2 Å². The number of piperazine rings is 1. The summed E-state index contributed by atoms with van der Waals surface area (Å²) in [5.74, 6) is 0.546. The zero-order valence-corrected chi connectivity index (χ0v) is 16.5. The van der Waals surface area contributed by atoms with Gasteiger partial charge in [-0.1, -0.05) is 29.8 Å². The predicted octanol–water partition coefficient (Wildman–Crippen LogP) is 0.876. The number of hydrogen-bond acceptors (Lipinski definition) is 3. The van der Waals surface area contributed by atoms with Crippen LogP contribution in [0.1, 0.15) is 10.4 Å². The Morgan fingerprint density at radius 2 is 1.71 bits per heavy atom. The molecule has 1 saturated heterocycles. The van der Waals surface area contributed by atoms with Crippen LogP contribution >= 0.6 is 11.6 Å². The van der Waals surface area contributed by atoms with Crippen molar-refractivity contribution in [2.24, 2.45) is 0 Å². The number of ether oxygens (including phenoxy) is 1. The first-order chi connectivity index (χ1) is 13.6. The van der Waals surface area contributed by atoms with E-state index in [0.29, 0.717) is 30.3 Å². The first kappa shape index (κ1) is 20.2. The lowest BCUT2D eigenvalue weighted by Gasteiger charge is -2.32. The van der Waals surface area contributed by atoms with E-state index < -0.39 is 0 Å². The Labute approximate surface area is 170 Å². The molecule has 1 aliphatic heterocycles. The maximum atomic E-state index is 12.3. The molecule has 0 saturated carbocycles. The molecule has 0 aromatic heterocycles. The number of carbonyl (C=O) groups is 2. The van der Waals surface area contributed by atoms with E-state index in [-0.39, 0.29) is 18.4 Å². The quantitative estimate of drug-likeness (QED) is 0.722. The Bertz CT molecular complexity index is 775. The Kier molecular flexibility index (Phi) is 7.28. The van der Waals surface area contributed by atoms with Crippen LogP contribution < -0.4 is 15.0 Å². The highest BCUT2D eigenvalue weighted by Crippen LogP contribution is 2.15. The molecule has 2 aromatic rings. The second-order valence-electron chi connectivity index (χ2n) is 6.73. The first-order valence-electron chi connectivity index (χ1n) is 9.45. The number of halogens is 1. The third-order valence-corrected chi connectivity index (χ3v) is 5.05. The van der Waals surface area contributed by atoms with Crippen molar-refractivity contribution in [3.8, 4) is 5.75 Å². The van der Waals surface area contributed by atoms with Gasteiger partial charge in [-0.05, 0) is 36.4 Å². The summed E-state index contributed by atoms with van der Waals surface area (Å²) in [4.78, 5) is 27.6. The molecular weight excluding hydrogens is 378 g/mol.